The fourth-order valence-electron chi connectivity index (χ4n) is 4.75. The van der Waals surface area contributed by atoms with Crippen molar-refractivity contribution in [1.82, 2.24) is 19.9 Å². The molecule has 8 heteroatoms. The summed E-state index contributed by atoms with van der Waals surface area (Å²) in [5.74, 6) is 2.34. The largest absolute Gasteiger partial charge is 0.490 e. The molecule has 1 aromatic carbocycles. The Labute approximate surface area is 187 Å². The maximum absolute atomic E-state index is 12.7. The van der Waals surface area contributed by atoms with Crippen LogP contribution in [0.25, 0.3) is 5.65 Å². The van der Waals surface area contributed by atoms with Gasteiger partial charge in [0, 0.05) is 37.3 Å². The van der Waals surface area contributed by atoms with Crippen molar-refractivity contribution in [1.29, 1.82) is 0 Å². The van der Waals surface area contributed by atoms with Gasteiger partial charge in [-0.1, -0.05) is 25.3 Å². The van der Waals surface area contributed by atoms with Gasteiger partial charge in [0.2, 0.25) is 0 Å². The monoisotopic (exact) mass is 435 g/mol. The van der Waals surface area contributed by atoms with Crippen molar-refractivity contribution >= 4 is 17.4 Å². The Bertz CT molecular complexity index is 1090. The molecule has 2 aromatic heterocycles. The molecule has 168 valence electrons. The number of nitrogens with zero attached hydrogens (tertiary/aromatic N) is 3. The zero-order chi connectivity index (χ0) is 21.8. The minimum Gasteiger partial charge on any atom is -0.490 e. The second-order valence-electron chi connectivity index (χ2n) is 8.80. The van der Waals surface area contributed by atoms with Gasteiger partial charge >= 0.3 is 6.03 Å². The summed E-state index contributed by atoms with van der Waals surface area (Å²) in [6.45, 7) is 1.86. The van der Waals surface area contributed by atoms with Crippen LogP contribution >= 0.6 is 0 Å². The van der Waals surface area contributed by atoms with Crippen molar-refractivity contribution in [2.24, 2.45) is 5.41 Å². The SMILES string of the molecule is O=C(NCC1(Cc2nnc3ccccn23)CCCCC1)Nc1ccc2c(c1)OCCCO2. The van der Waals surface area contributed by atoms with Crippen LogP contribution in [0.5, 0.6) is 11.5 Å². The Hall–Kier alpha value is -3.29. The van der Waals surface area contributed by atoms with Gasteiger partial charge in [-0.05, 0) is 42.5 Å². The molecule has 1 aliphatic heterocycles. The van der Waals surface area contributed by atoms with E-state index in [4.69, 9.17) is 9.47 Å². The van der Waals surface area contributed by atoms with Crippen molar-refractivity contribution in [3.63, 3.8) is 0 Å². The van der Waals surface area contributed by atoms with Crippen LogP contribution in [-0.2, 0) is 6.42 Å². The molecule has 3 heterocycles. The quantitative estimate of drug-likeness (QED) is 0.627. The Morgan fingerprint density at radius 2 is 1.84 bits per heavy atom. The number of ether oxygens (including phenoxy) is 2. The minimum atomic E-state index is -0.212. The Balaban J connectivity index is 1.25. The molecule has 2 amide bonds. The third-order valence-corrected chi connectivity index (χ3v) is 6.46. The standard InChI is InChI=1S/C24H29N5O3/c30-23(26-18-8-9-19-20(15-18)32-14-6-13-31-19)25-17-24(10-3-1-4-11-24)16-22-28-27-21-7-2-5-12-29(21)22/h2,5,7-9,12,15H,1,3-4,6,10-11,13-14,16-17H2,(H2,25,26,30). The van der Waals surface area contributed by atoms with Crippen molar-refractivity contribution in [3.8, 4) is 11.5 Å². The van der Waals surface area contributed by atoms with E-state index in [9.17, 15) is 4.79 Å². The first-order chi connectivity index (χ1) is 15.7. The van der Waals surface area contributed by atoms with Crippen molar-refractivity contribution < 1.29 is 14.3 Å². The molecule has 0 atom stereocenters. The van der Waals surface area contributed by atoms with E-state index in [1.807, 2.05) is 47.0 Å². The molecule has 0 spiro atoms. The van der Waals surface area contributed by atoms with Gasteiger partial charge in [-0.2, -0.15) is 0 Å². The summed E-state index contributed by atoms with van der Waals surface area (Å²) in [5, 5.41) is 14.8. The number of fused-ring (bicyclic) bond motifs is 2. The van der Waals surface area contributed by atoms with E-state index >= 15 is 0 Å². The van der Waals surface area contributed by atoms with Gasteiger partial charge in [0.25, 0.3) is 0 Å². The highest BCUT2D eigenvalue weighted by atomic mass is 16.5. The number of anilines is 1. The molecule has 0 radical (unpaired) electrons. The topological polar surface area (TPSA) is 89.8 Å². The van der Waals surface area contributed by atoms with Crippen LogP contribution < -0.4 is 20.1 Å². The lowest BCUT2D eigenvalue weighted by atomic mass is 9.71. The number of hydrogen-bond acceptors (Lipinski definition) is 5. The number of amides is 2. The summed E-state index contributed by atoms with van der Waals surface area (Å²) < 4.78 is 13.4. The molecule has 2 N–H and O–H groups in total. The lowest BCUT2D eigenvalue weighted by Crippen LogP contribution is -2.42. The Morgan fingerprint density at radius 3 is 2.72 bits per heavy atom. The normalized spacial score (nSPS) is 17.5. The van der Waals surface area contributed by atoms with Crippen LogP contribution in [0.2, 0.25) is 0 Å². The highest BCUT2D eigenvalue weighted by Crippen LogP contribution is 2.38. The van der Waals surface area contributed by atoms with E-state index in [1.165, 1.54) is 19.3 Å². The third-order valence-electron chi connectivity index (χ3n) is 6.46. The van der Waals surface area contributed by atoms with Crippen molar-refractivity contribution in [3.05, 3.63) is 48.4 Å². The number of benzene rings is 1. The smallest absolute Gasteiger partial charge is 0.319 e. The maximum atomic E-state index is 12.7. The first kappa shape index (κ1) is 20.6. The van der Waals surface area contributed by atoms with Crippen molar-refractivity contribution in [2.45, 2.75) is 44.9 Å². The summed E-state index contributed by atoms with van der Waals surface area (Å²) >= 11 is 0. The van der Waals surface area contributed by atoms with Gasteiger partial charge in [-0.15, -0.1) is 10.2 Å². The minimum absolute atomic E-state index is 0.0148. The molecule has 1 saturated carbocycles. The highest BCUT2D eigenvalue weighted by Gasteiger charge is 2.34. The summed E-state index contributed by atoms with van der Waals surface area (Å²) in [6.07, 6.45) is 9.36. The summed E-state index contributed by atoms with van der Waals surface area (Å²) in [5.41, 5.74) is 1.53. The molecule has 0 saturated heterocycles. The lowest BCUT2D eigenvalue weighted by Gasteiger charge is -2.37. The number of hydrogen-bond donors (Lipinski definition) is 2. The van der Waals surface area contributed by atoms with Gasteiger partial charge < -0.3 is 20.1 Å². The maximum Gasteiger partial charge on any atom is 0.319 e. The molecular formula is C24H29N5O3. The fraction of sp³-hybridized carbons (Fsp3) is 0.458. The van der Waals surface area contributed by atoms with Crippen LogP contribution in [0, 0.1) is 5.41 Å². The zero-order valence-corrected chi connectivity index (χ0v) is 18.2. The average molecular weight is 436 g/mol. The van der Waals surface area contributed by atoms with Crippen LogP contribution in [-0.4, -0.2) is 40.4 Å². The fourth-order valence-corrected chi connectivity index (χ4v) is 4.75. The predicted octanol–water partition coefficient (Wildman–Crippen LogP) is 4.21. The predicted molar refractivity (Wildman–Crippen MR) is 121 cm³/mol. The summed E-state index contributed by atoms with van der Waals surface area (Å²) in [7, 11) is 0. The molecule has 0 unspecified atom stereocenters. The van der Waals surface area contributed by atoms with E-state index in [1.54, 1.807) is 0 Å². The molecular weight excluding hydrogens is 406 g/mol. The molecule has 3 aromatic rings. The van der Waals surface area contributed by atoms with E-state index in [-0.39, 0.29) is 11.4 Å². The van der Waals surface area contributed by atoms with Gasteiger partial charge in [-0.3, -0.25) is 4.40 Å². The number of carbonyl (C=O) groups is 1. The number of urea groups is 1. The van der Waals surface area contributed by atoms with Crippen LogP contribution in [0.3, 0.4) is 0 Å². The second-order valence-corrected chi connectivity index (χ2v) is 8.80. The molecule has 8 nitrogen and oxygen atoms in total. The summed E-state index contributed by atoms with van der Waals surface area (Å²) in [6, 6.07) is 11.2. The number of pyridine rings is 1. The Morgan fingerprint density at radius 1 is 1.00 bits per heavy atom. The third kappa shape index (κ3) is 4.49. The number of aromatic nitrogens is 3. The lowest BCUT2D eigenvalue weighted by molar-refractivity contribution is 0.177. The van der Waals surface area contributed by atoms with Crippen LogP contribution in [0.1, 0.15) is 44.3 Å². The summed E-state index contributed by atoms with van der Waals surface area (Å²) in [4.78, 5) is 12.7. The van der Waals surface area contributed by atoms with E-state index in [0.29, 0.717) is 31.2 Å². The number of nitrogens with one attached hydrogen (secondary N) is 2. The second kappa shape index (κ2) is 9.06. The molecule has 0 bridgehead atoms. The zero-order valence-electron chi connectivity index (χ0n) is 18.2. The molecule has 32 heavy (non-hydrogen) atoms. The van der Waals surface area contributed by atoms with E-state index in [0.717, 1.165) is 42.9 Å². The molecule has 2 aliphatic rings. The number of rotatable bonds is 5. The van der Waals surface area contributed by atoms with Gasteiger partial charge in [0.05, 0.1) is 13.2 Å². The van der Waals surface area contributed by atoms with Crippen molar-refractivity contribution in [2.75, 3.05) is 25.1 Å². The van der Waals surface area contributed by atoms with Gasteiger partial charge in [0.1, 0.15) is 5.82 Å². The van der Waals surface area contributed by atoms with Crippen LogP contribution in [0.4, 0.5) is 10.5 Å². The van der Waals surface area contributed by atoms with E-state index < -0.39 is 0 Å². The molecule has 5 rings (SSSR count). The number of carbonyl (C=O) groups excluding carboxylic acids is 1. The van der Waals surface area contributed by atoms with Crippen LogP contribution in [0.15, 0.2) is 42.6 Å². The average Bonchev–Trinajstić information content (AvgIpc) is 3.06. The molecule has 1 aliphatic carbocycles. The Kier molecular flexibility index (Phi) is 5.83. The van der Waals surface area contributed by atoms with Gasteiger partial charge in [-0.25, -0.2) is 4.79 Å². The molecule has 1 fully saturated rings. The van der Waals surface area contributed by atoms with Gasteiger partial charge in [0.15, 0.2) is 17.1 Å². The van der Waals surface area contributed by atoms with E-state index in [2.05, 4.69) is 20.8 Å². The highest BCUT2D eigenvalue weighted by molar-refractivity contribution is 5.89. The first-order valence-corrected chi connectivity index (χ1v) is 11.4. The first-order valence-electron chi connectivity index (χ1n) is 11.4.